The van der Waals surface area contributed by atoms with Crippen molar-refractivity contribution in [3.63, 3.8) is 0 Å². The van der Waals surface area contributed by atoms with Gasteiger partial charge in [0, 0.05) is 11.9 Å². The number of alkyl halides is 1. The summed E-state index contributed by atoms with van der Waals surface area (Å²) in [5.41, 5.74) is 0.0307. The summed E-state index contributed by atoms with van der Waals surface area (Å²) in [4.78, 5) is 0. The number of ether oxygens (including phenoxy) is 1. The van der Waals surface area contributed by atoms with Gasteiger partial charge in [0.1, 0.15) is 0 Å². The Balaban J connectivity index is 3.87. The van der Waals surface area contributed by atoms with Gasteiger partial charge in [-0.05, 0) is 26.2 Å². The van der Waals surface area contributed by atoms with Crippen molar-refractivity contribution in [3.05, 3.63) is 0 Å². The van der Waals surface area contributed by atoms with Gasteiger partial charge < -0.3 is 4.74 Å². The molecule has 0 amide bonds. The van der Waals surface area contributed by atoms with Gasteiger partial charge in [0.05, 0.1) is 5.60 Å². The Bertz CT molecular complexity index is 104. The maximum absolute atomic E-state index is 5.64. The van der Waals surface area contributed by atoms with Crippen molar-refractivity contribution in [1.82, 2.24) is 0 Å². The molecule has 11 heavy (non-hydrogen) atoms. The Morgan fingerprint density at radius 1 is 1.45 bits per heavy atom. The van der Waals surface area contributed by atoms with E-state index in [1.54, 1.807) is 0 Å². The van der Waals surface area contributed by atoms with Crippen molar-refractivity contribution in [2.45, 2.75) is 39.7 Å². The van der Waals surface area contributed by atoms with E-state index in [9.17, 15) is 0 Å². The average Bonchev–Trinajstić information content (AvgIpc) is 1.87. The predicted molar refractivity (Wildman–Crippen MR) is 53.3 cm³/mol. The van der Waals surface area contributed by atoms with Crippen LogP contribution < -0.4 is 0 Å². The van der Waals surface area contributed by atoms with E-state index >= 15 is 0 Å². The van der Waals surface area contributed by atoms with Crippen LogP contribution in [0.5, 0.6) is 0 Å². The normalized spacial score (nSPS) is 16.9. The monoisotopic (exact) mass is 222 g/mol. The second-order valence-corrected chi connectivity index (χ2v) is 4.18. The van der Waals surface area contributed by atoms with Crippen LogP contribution in [0.1, 0.15) is 34.1 Å². The maximum Gasteiger partial charge on any atom is 0.0753 e. The largest absolute Gasteiger partial charge is 0.375 e. The molecule has 0 aliphatic carbocycles. The van der Waals surface area contributed by atoms with Crippen LogP contribution in [0.4, 0.5) is 0 Å². The van der Waals surface area contributed by atoms with Gasteiger partial charge in [-0.1, -0.05) is 29.8 Å². The fourth-order valence-corrected chi connectivity index (χ4v) is 1.75. The molecule has 1 atom stereocenters. The third kappa shape index (κ3) is 4.81. The summed E-state index contributed by atoms with van der Waals surface area (Å²) in [7, 11) is 0. The van der Waals surface area contributed by atoms with Crippen LogP contribution in [-0.4, -0.2) is 17.5 Å². The zero-order valence-corrected chi connectivity index (χ0v) is 9.57. The summed E-state index contributed by atoms with van der Waals surface area (Å²) in [6.07, 6.45) is 1.12. The Morgan fingerprint density at radius 3 is 2.27 bits per heavy atom. The van der Waals surface area contributed by atoms with Crippen LogP contribution in [0.3, 0.4) is 0 Å². The molecule has 0 rings (SSSR count). The number of rotatable bonds is 5. The molecule has 0 aromatic rings. The quantitative estimate of drug-likeness (QED) is 0.650. The molecule has 68 valence electrons. The topological polar surface area (TPSA) is 9.23 Å². The van der Waals surface area contributed by atoms with E-state index in [1.807, 2.05) is 6.92 Å². The minimum Gasteiger partial charge on any atom is -0.375 e. The lowest BCUT2D eigenvalue weighted by Gasteiger charge is -2.29. The van der Waals surface area contributed by atoms with Crippen LogP contribution in [0.25, 0.3) is 0 Å². The molecule has 0 fully saturated rings. The molecule has 0 aromatic carbocycles. The Hall–Kier alpha value is 0.440. The standard InChI is InChI=1S/C9H19BrO/c1-5-11-9(4,7-10)6-8(2)3/h8H,5-7H2,1-4H3. The average molecular weight is 223 g/mol. The maximum atomic E-state index is 5.64. The fourth-order valence-electron chi connectivity index (χ4n) is 1.36. The first-order valence-electron chi connectivity index (χ1n) is 4.24. The van der Waals surface area contributed by atoms with Gasteiger partial charge in [-0.15, -0.1) is 0 Å². The fraction of sp³-hybridized carbons (Fsp3) is 1.00. The summed E-state index contributed by atoms with van der Waals surface area (Å²) in [6.45, 7) is 9.45. The van der Waals surface area contributed by atoms with Gasteiger partial charge in [-0.2, -0.15) is 0 Å². The number of hydrogen-bond donors (Lipinski definition) is 0. The number of hydrogen-bond acceptors (Lipinski definition) is 1. The lowest BCUT2D eigenvalue weighted by atomic mass is 9.96. The van der Waals surface area contributed by atoms with E-state index in [1.165, 1.54) is 0 Å². The highest BCUT2D eigenvalue weighted by molar-refractivity contribution is 9.09. The Morgan fingerprint density at radius 2 is 2.00 bits per heavy atom. The minimum atomic E-state index is 0.0307. The van der Waals surface area contributed by atoms with E-state index in [4.69, 9.17) is 4.74 Å². The molecule has 0 heterocycles. The van der Waals surface area contributed by atoms with Gasteiger partial charge in [-0.25, -0.2) is 0 Å². The van der Waals surface area contributed by atoms with Crippen molar-refractivity contribution < 1.29 is 4.74 Å². The highest BCUT2D eigenvalue weighted by Crippen LogP contribution is 2.22. The summed E-state index contributed by atoms with van der Waals surface area (Å²) in [5, 5.41) is 0.923. The zero-order chi connectivity index (χ0) is 8.91. The molecule has 0 aliphatic rings. The first-order chi connectivity index (χ1) is 5.04. The molecule has 0 aliphatic heterocycles. The molecular formula is C9H19BrO. The smallest absolute Gasteiger partial charge is 0.0753 e. The van der Waals surface area contributed by atoms with Crippen molar-refractivity contribution in [2.24, 2.45) is 5.92 Å². The van der Waals surface area contributed by atoms with E-state index in [-0.39, 0.29) is 5.60 Å². The second-order valence-electron chi connectivity index (χ2n) is 3.61. The minimum absolute atomic E-state index is 0.0307. The van der Waals surface area contributed by atoms with Crippen molar-refractivity contribution in [3.8, 4) is 0 Å². The molecule has 0 N–H and O–H groups in total. The molecule has 0 aromatic heterocycles. The molecule has 0 saturated heterocycles. The third-order valence-corrected chi connectivity index (χ3v) is 2.80. The van der Waals surface area contributed by atoms with Gasteiger partial charge >= 0.3 is 0 Å². The highest BCUT2D eigenvalue weighted by Gasteiger charge is 2.23. The van der Waals surface area contributed by atoms with Crippen LogP contribution in [0.2, 0.25) is 0 Å². The summed E-state index contributed by atoms with van der Waals surface area (Å²) in [6, 6.07) is 0. The second kappa shape index (κ2) is 5.15. The Labute approximate surface area is 78.6 Å². The van der Waals surface area contributed by atoms with Gasteiger partial charge in [0.15, 0.2) is 0 Å². The van der Waals surface area contributed by atoms with Crippen LogP contribution in [0.15, 0.2) is 0 Å². The van der Waals surface area contributed by atoms with E-state index in [0.717, 1.165) is 18.4 Å². The summed E-state index contributed by atoms with van der Waals surface area (Å²) >= 11 is 3.48. The van der Waals surface area contributed by atoms with Crippen molar-refractivity contribution in [2.75, 3.05) is 11.9 Å². The number of halogens is 1. The lowest BCUT2D eigenvalue weighted by Crippen LogP contribution is -2.32. The predicted octanol–water partition coefficient (Wildman–Crippen LogP) is 3.22. The Kier molecular flexibility index (Phi) is 5.36. The van der Waals surface area contributed by atoms with E-state index in [2.05, 4.69) is 36.7 Å². The molecule has 1 unspecified atom stereocenters. The lowest BCUT2D eigenvalue weighted by molar-refractivity contribution is -0.0195. The molecular weight excluding hydrogens is 204 g/mol. The van der Waals surface area contributed by atoms with Gasteiger partial charge in [0.25, 0.3) is 0 Å². The summed E-state index contributed by atoms with van der Waals surface area (Å²) < 4.78 is 5.64. The van der Waals surface area contributed by atoms with Gasteiger partial charge in [-0.3, -0.25) is 0 Å². The molecule has 0 spiro atoms. The first-order valence-corrected chi connectivity index (χ1v) is 5.36. The highest BCUT2D eigenvalue weighted by atomic mass is 79.9. The van der Waals surface area contributed by atoms with Crippen molar-refractivity contribution in [1.29, 1.82) is 0 Å². The van der Waals surface area contributed by atoms with Crippen LogP contribution in [0, 0.1) is 5.92 Å². The molecule has 0 bridgehead atoms. The van der Waals surface area contributed by atoms with Crippen molar-refractivity contribution >= 4 is 15.9 Å². The zero-order valence-electron chi connectivity index (χ0n) is 7.98. The SMILES string of the molecule is CCOC(C)(CBr)CC(C)C. The van der Waals surface area contributed by atoms with E-state index < -0.39 is 0 Å². The van der Waals surface area contributed by atoms with Crippen LogP contribution in [-0.2, 0) is 4.74 Å². The van der Waals surface area contributed by atoms with Gasteiger partial charge in [0.2, 0.25) is 0 Å². The molecule has 1 nitrogen and oxygen atoms in total. The first kappa shape index (κ1) is 11.4. The molecule has 0 saturated carbocycles. The summed E-state index contributed by atoms with van der Waals surface area (Å²) in [5.74, 6) is 0.698. The molecule has 0 radical (unpaired) electrons. The third-order valence-electron chi connectivity index (χ3n) is 1.62. The van der Waals surface area contributed by atoms with Crippen LogP contribution >= 0.6 is 15.9 Å². The molecule has 2 heteroatoms. The van der Waals surface area contributed by atoms with E-state index in [0.29, 0.717) is 5.92 Å².